The normalized spacial score (nSPS) is 10.5. The van der Waals surface area contributed by atoms with Crippen LogP contribution in [0.1, 0.15) is 17.0 Å². The van der Waals surface area contributed by atoms with Crippen molar-refractivity contribution in [3.63, 3.8) is 0 Å². The zero-order valence-electron chi connectivity index (χ0n) is 11.9. The van der Waals surface area contributed by atoms with Crippen LogP contribution < -0.4 is 10.1 Å². The second-order valence-corrected chi connectivity index (χ2v) is 4.76. The second-order valence-electron chi connectivity index (χ2n) is 4.76. The van der Waals surface area contributed by atoms with Crippen LogP contribution in [0.25, 0.3) is 0 Å². The van der Waals surface area contributed by atoms with E-state index in [1.807, 2.05) is 38.1 Å². The van der Waals surface area contributed by atoms with Crippen molar-refractivity contribution in [3.8, 4) is 11.5 Å². The monoisotopic (exact) mass is 272 g/mol. The molecule has 0 atom stereocenters. The van der Waals surface area contributed by atoms with Crippen molar-refractivity contribution in [3.05, 3.63) is 53.3 Å². The number of rotatable bonds is 6. The van der Waals surface area contributed by atoms with Gasteiger partial charge in [-0.25, -0.2) is 0 Å². The lowest BCUT2D eigenvalue weighted by Crippen LogP contribution is -2.21. The van der Waals surface area contributed by atoms with E-state index in [4.69, 9.17) is 4.74 Å². The molecule has 0 bridgehead atoms. The van der Waals surface area contributed by atoms with Crippen molar-refractivity contribution in [2.45, 2.75) is 20.4 Å². The molecule has 0 saturated carbocycles. The van der Waals surface area contributed by atoms with Crippen molar-refractivity contribution < 1.29 is 9.84 Å². The number of hydrogen-bond donors (Lipinski definition) is 2. The number of pyridine rings is 1. The SMILES string of the molecule is Cc1cccc(OCCNCc2nc(C)ccc2O)c1. The van der Waals surface area contributed by atoms with Gasteiger partial charge in [0.15, 0.2) is 0 Å². The molecule has 4 nitrogen and oxygen atoms in total. The van der Waals surface area contributed by atoms with E-state index in [9.17, 15) is 5.11 Å². The zero-order valence-corrected chi connectivity index (χ0v) is 11.9. The molecule has 0 fully saturated rings. The number of aromatic hydroxyl groups is 1. The van der Waals surface area contributed by atoms with Gasteiger partial charge in [0.2, 0.25) is 0 Å². The molecule has 1 aromatic heterocycles. The van der Waals surface area contributed by atoms with E-state index >= 15 is 0 Å². The Labute approximate surface area is 119 Å². The van der Waals surface area contributed by atoms with Crippen molar-refractivity contribution in [1.82, 2.24) is 10.3 Å². The van der Waals surface area contributed by atoms with Crippen molar-refractivity contribution >= 4 is 0 Å². The summed E-state index contributed by atoms with van der Waals surface area (Å²) in [5.74, 6) is 1.10. The fourth-order valence-corrected chi connectivity index (χ4v) is 1.89. The molecule has 106 valence electrons. The third-order valence-corrected chi connectivity index (χ3v) is 2.92. The summed E-state index contributed by atoms with van der Waals surface area (Å²) in [5.41, 5.74) is 2.75. The van der Waals surface area contributed by atoms with Gasteiger partial charge in [-0.1, -0.05) is 12.1 Å². The third-order valence-electron chi connectivity index (χ3n) is 2.92. The van der Waals surface area contributed by atoms with Crippen molar-refractivity contribution in [2.24, 2.45) is 0 Å². The molecular weight excluding hydrogens is 252 g/mol. The number of nitrogens with zero attached hydrogens (tertiary/aromatic N) is 1. The summed E-state index contributed by atoms with van der Waals surface area (Å²) < 4.78 is 5.63. The Bertz CT molecular complexity index is 570. The first-order chi connectivity index (χ1) is 9.65. The van der Waals surface area contributed by atoms with Gasteiger partial charge < -0.3 is 15.2 Å². The Morgan fingerprint density at radius 3 is 2.85 bits per heavy atom. The van der Waals surface area contributed by atoms with Gasteiger partial charge in [-0.3, -0.25) is 4.98 Å². The van der Waals surface area contributed by atoms with E-state index in [-0.39, 0.29) is 5.75 Å². The van der Waals surface area contributed by atoms with Crippen LogP contribution in [-0.2, 0) is 6.54 Å². The minimum Gasteiger partial charge on any atom is -0.506 e. The Balaban J connectivity index is 1.73. The molecule has 0 radical (unpaired) electrons. The van der Waals surface area contributed by atoms with Gasteiger partial charge in [0, 0.05) is 18.8 Å². The van der Waals surface area contributed by atoms with Gasteiger partial charge in [-0.05, 0) is 43.7 Å². The summed E-state index contributed by atoms with van der Waals surface area (Å²) in [4.78, 5) is 4.29. The maximum Gasteiger partial charge on any atom is 0.138 e. The lowest BCUT2D eigenvalue weighted by molar-refractivity contribution is 0.312. The largest absolute Gasteiger partial charge is 0.506 e. The molecule has 0 unspecified atom stereocenters. The number of aryl methyl sites for hydroxylation is 2. The number of nitrogens with one attached hydrogen (secondary N) is 1. The standard InChI is InChI=1S/C16H20N2O2/c1-12-4-3-5-14(10-12)20-9-8-17-11-15-16(19)7-6-13(2)18-15/h3-7,10,17,19H,8-9,11H2,1-2H3. The zero-order chi connectivity index (χ0) is 14.4. The Morgan fingerprint density at radius 1 is 1.20 bits per heavy atom. The van der Waals surface area contributed by atoms with Gasteiger partial charge in [-0.2, -0.15) is 0 Å². The van der Waals surface area contributed by atoms with Gasteiger partial charge in [0.05, 0.1) is 5.69 Å². The number of hydrogen-bond acceptors (Lipinski definition) is 4. The quantitative estimate of drug-likeness (QED) is 0.794. The first kappa shape index (κ1) is 14.3. The highest BCUT2D eigenvalue weighted by Gasteiger charge is 2.02. The minimum atomic E-state index is 0.225. The van der Waals surface area contributed by atoms with Crippen LogP contribution in [0, 0.1) is 13.8 Å². The highest BCUT2D eigenvalue weighted by atomic mass is 16.5. The van der Waals surface area contributed by atoms with Crippen molar-refractivity contribution in [2.75, 3.05) is 13.2 Å². The summed E-state index contributed by atoms with van der Waals surface area (Å²) in [6.07, 6.45) is 0. The van der Waals surface area contributed by atoms with Crippen molar-refractivity contribution in [1.29, 1.82) is 0 Å². The summed E-state index contributed by atoms with van der Waals surface area (Å²) >= 11 is 0. The summed E-state index contributed by atoms with van der Waals surface area (Å²) in [6, 6.07) is 11.4. The molecule has 0 saturated heterocycles. The highest BCUT2D eigenvalue weighted by Crippen LogP contribution is 2.14. The first-order valence-electron chi connectivity index (χ1n) is 6.71. The molecule has 2 aromatic rings. The number of aromatic nitrogens is 1. The third kappa shape index (κ3) is 4.24. The first-order valence-corrected chi connectivity index (χ1v) is 6.71. The van der Waals surface area contributed by atoms with E-state index < -0.39 is 0 Å². The van der Waals surface area contributed by atoms with E-state index in [2.05, 4.69) is 10.3 Å². The minimum absolute atomic E-state index is 0.225. The molecule has 0 amide bonds. The molecule has 20 heavy (non-hydrogen) atoms. The van der Waals surface area contributed by atoms with Crippen LogP contribution >= 0.6 is 0 Å². The topological polar surface area (TPSA) is 54.4 Å². The van der Waals surface area contributed by atoms with Gasteiger partial charge in [0.25, 0.3) is 0 Å². The number of ether oxygens (including phenoxy) is 1. The van der Waals surface area contributed by atoms with Gasteiger partial charge in [0.1, 0.15) is 18.1 Å². The molecule has 1 aromatic carbocycles. The average molecular weight is 272 g/mol. The van der Waals surface area contributed by atoms with Crippen LogP contribution in [0.4, 0.5) is 0 Å². The second kappa shape index (κ2) is 6.91. The predicted octanol–water partition coefficient (Wildman–Crippen LogP) is 2.57. The molecular formula is C16H20N2O2. The molecule has 2 N–H and O–H groups in total. The highest BCUT2D eigenvalue weighted by molar-refractivity contribution is 5.28. The van der Waals surface area contributed by atoms with Crippen LogP contribution in [0.15, 0.2) is 36.4 Å². The molecule has 0 aliphatic carbocycles. The molecule has 1 heterocycles. The van der Waals surface area contributed by atoms with Crippen LogP contribution in [0.2, 0.25) is 0 Å². The van der Waals surface area contributed by atoms with Crippen LogP contribution in [0.5, 0.6) is 11.5 Å². The average Bonchev–Trinajstić information content (AvgIpc) is 2.42. The maximum absolute atomic E-state index is 9.67. The fourth-order valence-electron chi connectivity index (χ4n) is 1.89. The van der Waals surface area contributed by atoms with Crippen LogP contribution in [-0.4, -0.2) is 23.2 Å². The van der Waals surface area contributed by atoms with E-state index in [0.29, 0.717) is 25.4 Å². The Hall–Kier alpha value is -2.07. The van der Waals surface area contributed by atoms with E-state index in [1.54, 1.807) is 12.1 Å². The predicted molar refractivity (Wildman–Crippen MR) is 79.0 cm³/mol. The summed E-state index contributed by atoms with van der Waals surface area (Å²) in [6.45, 7) is 5.75. The van der Waals surface area contributed by atoms with Gasteiger partial charge in [-0.15, -0.1) is 0 Å². The molecule has 4 heteroatoms. The Kier molecular flexibility index (Phi) is 4.96. The summed E-state index contributed by atoms with van der Waals surface area (Å²) in [7, 11) is 0. The van der Waals surface area contributed by atoms with E-state index in [1.165, 1.54) is 5.56 Å². The van der Waals surface area contributed by atoms with Crippen LogP contribution in [0.3, 0.4) is 0 Å². The smallest absolute Gasteiger partial charge is 0.138 e. The van der Waals surface area contributed by atoms with E-state index in [0.717, 1.165) is 11.4 Å². The molecule has 2 rings (SSSR count). The van der Waals surface area contributed by atoms with Gasteiger partial charge >= 0.3 is 0 Å². The molecule has 0 aliphatic heterocycles. The lowest BCUT2D eigenvalue weighted by atomic mass is 10.2. The fraction of sp³-hybridized carbons (Fsp3) is 0.312. The lowest BCUT2D eigenvalue weighted by Gasteiger charge is -2.09. The maximum atomic E-state index is 9.67. The molecule has 0 aliphatic rings. The molecule has 0 spiro atoms. The Morgan fingerprint density at radius 2 is 2.05 bits per heavy atom. The number of benzene rings is 1. The summed E-state index contributed by atoms with van der Waals surface area (Å²) in [5, 5.41) is 12.9.